The number of anilines is 1. The van der Waals surface area contributed by atoms with E-state index in [1.165, 1.54) is 56.7 Å². The van der Waals surface area contributed by atoms with E-state index in [9.17, 15) is 4.79 Å². The van der Waals surface area contributed by atoms with E-state index in [0.29, 0.717) is 4.88 Å². The van der Waals surface area contributed by atoms with Crippen LogP contribution in [0.1, 0.15) is 35.4 Å². The number of likely N-dealkylation sites (tertiary alicyclic amines) is 1. The fourth-order valence-corrected chi connectivity index (χ4v) is 4.06. The second-order valence-corrected chi connectivity index (χ2v) is 6.82. The van der Waals surface area contributed by atoms with Crippen molar-refractivity contribution >= 4 is 23.0 Å². The molecule has 1 N–H and O–H groups in total. The maximum Gasteiger partial charge on any atom is 0.345 e. The first-order valence-corrected chi connectivity index (χ1v) is 8.39. The Morgan fingerprint density at radius 3 is 2.55 bits per heavy atom. The number of hydrogen-bond donors (Lipinski definition) is 1. The zero-order valence-electron chi connectivity index (χ0n) is 11.8. The van der Waals surface area contributed by atoms with E-state index in [1.807, 2.05) is 11.4 Å². The largest absolute Gasteiger partial charge is 0.477 e. The van der Waals surface area contributed by atoms with Crippen molar-refractivity contribution in [3.05, 3.63) is 16.3 Å². The third kappa shape index (κ3) is 3.15. The van der Waals surface area contributed by atoms with E-state index >= 15 is 0 Å². The van der Waals surface area contributed by atoms with Crippen LogP contribution in [0.15, 0.2) is 11.4 Å². The third-order valence-corrected chi connectivity index (χ3v) is 5.40. The lowest BCUT2D eigenvalue weighted by molar-refractivity contribution is 0.0702. The van der Waals surface area contributed by atoms with Crippen LogP contribution in [0, 0.1) is 5.92 Å². The predicted molar refractivity (Wildman–Crippen MR) is 81.9 cm³/mol. The normalized spacial score (nSPS) is 21.5. The Morgan fingerprint density at radius 2 is 1.95 bits per heavy atom. The Bertz CT molecular complexity index is 460. The molecule has 2 aliphatic rings. The summed E-state index contributed by atoms with van der Waals surface area (Å²) in [5.74, 6) is 0.00657. The molecule has 0 unspecified atom stereocenters. The Labute approximate surface area is 124 Å². The van der Waals surface area contributed by atoms with Gasteiger partial charge >= 0.3 is 5.97 Å². The number of thiophene rings is 1. The van der Waals surface area contributed by atoms with Gasteiger partial charge in [-0.25, -0.2) is 4.79 Å². The lowest BCUT2D eigenvalue weighted by atomic mass is 9.96. The molecule has 1 aromatic heterocycles. The number of carbonyl (C=O) groups is 1. The predicted octanol–water partition coefficient (Wildman–Crippen LogP) is 2.76. The summed E-state index contributed by atoms with van der Waals surface area (Å²) < 4.78 is 0. The quantitative estimate of drug-likeness (QED) is 0.927. The Hall–Kier alpha value is -1.07. The SMILES string of the molecule is O=C(O)c1cc(N2CCC(CN3CCCC3)CC2)cs1. The third-order valence-electron chi connectivity index (χ3n) is 4.49. The van der Waals surface area contributed by atoms with Crippen LogP contribution in [0.5, 0.6) is 0 Å². The van der Waals surface area contributed by atoms with E-state index in [1.54, 1.807) is 0 Å². The topological polar surface area (TPSA) is 43.8 Å². The van der Waals surface area contributed by atoms with Crippen LogP contribution in [0.2, 0.25) is 0 Å². The summed E-state index contributed by atoms with van der Waals surface area (Å²) in [6.45, 7) is 5.96. The van der Waals surface area contributed by atoms with Crippen LogP contribution in [-0.2, 0) is 0 Å². The molecule has 3 rings (SSSR count). The van der Waals surface area contributed by atoms with Crippen molar-refractivity contribution in [3.8, 4) is 0 Å². The van der Waals surface area contributed by atoms with Gasteiger partial charge in [-0.3, -0.25) is 0 Å². The molecule has 2 saturated heterocycles. The molecule has 0 atom stereocenters. The standard InChI is InChI=1S/C15H22N2O2S/c18-15(19)14-9-13(11-20-14)17-7-3-12(4-8-17)10-16-5-1-2-6-16/h9,11-12H,1-8,10H2,(H,18,19). The highest BCUT2D eigenvalue weighted by Crippen LogP contribution is 2.28. The summed E-state index contributed by atoms with van der Waals surface area (Å²) in [6, 6.07) is 1.81. The zero-order valence-corrected chi connectivity index (χ0v) is 12.6. The van der Waals surface area contributed by atoms with Gasteiger partial charge in [0, 0.05) is 30.7 Å². The van der Waals surface area contributed by atoms with Crippen LogP contribution in [0.25, 0.3) is 0 Å². The number of piperidine rings is 1. The lowest BCUT2D eigenvalue weighted by Crippen LogP contribution is -2.37. The molecule has 0 spiro atoms. The Morgan fingerprint density at radius 1 is 1.25 bits per heavy atom. The van der Waals surface area contributed by atoms with Gasteiger partial charge in [0.05, 0.1) is 0 Å². The molecule has 1 aromatic rings. The van der Waals surface area contributed by atoms with Crippen molar-refractivity contribution in [2.45, 2.75) is 25.7 Å². The van der Waals surface area contributed by atoms with E-state index in [-0.39, 0.29) is 0 Å². The summed E-state index contributed by atoms with van der Waals surface area (Å²) in [7, 11) is 0. The highest BCUT2D eigenvalue weighted by Gasteiger charge is 2.23. The van der Waals surface area contributed by atoms with Gasteiger partial charge in [-0.05, 0) is 50.8 Å². The minimum atomic E-state index is -0.815. The Balaban J connectivity index is 1.51. The molecule has 110 valence electrons. The second-order valence-electron chi connectivity index (χ2n) is 5.91. The molecule has 3 heterocycles. The highest BCUT2D eigenvalue weighted by molar-refractivity contribution is 7.12. The molecular weight excluding hydrogens is 272 g/mol. The first-order chi connectivity index (χ1) is 9.72. The minimum absolute atomic E-state index is 0.444. The number of carboxylic acid groups (broad SMARTS) is 1. The maximum atomic E-state index is 10.9. The van der Waals surface area contributed by atoms with Crippen LogP contribution in [0.3, 0.4) is 0 Å². The summed E-state index contributed by atoms with van der Waals surface area (Å²) in [6.07, 6.45) is 5.20. The maximum absolute atomic E-state index is 10.9. The molecule has 0 amide bonds. The molecule has 4 nitrogen and oxygen atoms in total. The van der Waals surface area contributed by atoms with Gasteiger partial charge < -0.3 is 14.9 Å². The van der Waals surface area contributed by atoms with Crippen molar-refractivity contribution in [3.63, 3.8) is 0 Å². The molecule has 0 aliphatic carbocycles. The highest BCUT2D eigenvalue weighted by atomic mass is 32.1. The molecule has 0 bridgehead atoms. The first kappa shape index (κ1) is 13.9. The van der Waals surface area contributed by atoms with Crippen LogP contribution in [-0.4, -0.2) is 48.7 Å². The number of rotatable bonds is 4. The fourth-order valence-electron chi connectivity index (χ4n) is 3.31. The van der Waals surface area contributed by atoms with Crippen molar-refractivity contribution < 1.29 is 9.90 Å². The lowest BCUT2D eigenvalue weighted by Gasteiger charge is -2.34. The number of hydrogen-bond acceptors (Lipinski definition) is 4. The minimum Gasteiger partial charge on any atom is -0.477 e. The average molecular weight is 294 g/mol. The van der Waals surface area contributed by atoms with Gasteiger partial charge in [0.1, 0.15) is 4.88 Å². The molecule has 0 radical (unpaired) electrons. The Kier molecular flexibility index (Phi) is 4.27. The monoisotopic (exact) mass is 294 g/mol. The van der Waals surface area contributed by atoms with E-state index < -0.39 is 5.97 Å². The van der Waals surface area contributed by atoms with E-state index in [0.717, 1.165) is 24.7 Å². The van der Waals surface area contributed by atoms with Gasteiger partial charge in [0.25, 0.3) is 0 Å². The van der Waals surface area contributed by atoms with Gasteiger partial charge in [-0.15, -0.1) is 11.3 Å². The van der Waals surface area contributed by atoms with Crippen LogP contribution < -0.4 is 4.90 Å². The summed E-state index contributed by atoms with van der Waals surface area (Å²) >= 11 is 1.33. The van der Waals surface area contributed by atoms with E-state index in [2.05, 4.69) is 9.80 Å². The smallest absolute Gasteiger partial charge is 0.345 e. The first-order valence-electron chi connectivity index (χ1n) is 7.51. The molecule has 0 saturated carbocycles. The second kappa shape index (κ2) is 6.14. The van der Waals surface area contributed by atoms with Crippen molar-refractivity contribution in [2.24, 2.45) is 5.92 Å². The molecule has 2 aliphatic heterocycles. The molecular formula is C15H22N2O2S. The summed E-state index contributed by atoms with van der Waals surface area (Å²) in [4.78, 5) is 16.3. The van der Waals surface area contributed by atoms with E-state index in [4.69, 9.17) is 5.11 Å². The number of aromatic carboxylic acids is 1. The summed E-state index contributed by atoms with van der Waals surface area (Å²) in [5.41, 5.74) is 1.09. The average Bonchev–Trinajstić information content (AvgIpc) is 3.10. The molecule has 5 heteroatoms. The van der Waals surface area contributed by atoms with Crippen molar-refractivity contribution in [1.29, 1.82) is 0 Å². The fraction of sp³-hybridized carbons (Fsp3) is 0.667. The number of nitrogens with zero attached hydrogens (tertiary/aromatic N) is 2. The van der Waals surface area contributed by atoms with Gasteiger partial charge in [-0.1, -0.05) is 0 Å². The molecule has 2 fully saturated rings. The van der Waals surface area contributed by atoms with Gasteiger partial charge in [-0.2, -0.15) is 0 Å². The zero-order chi connectivity index (χ0) is 13.9. The van der Waals surface area contributed by atoms with Gasteiger partial charge in [0.15, 0.2) is 0 Å². The number of carboxylic acids is 1. The summed E-state index contributed by atoms with van der Waals surface area (Å²) in [5, 5.41) is 11.0. The van der Waals surface area contributed by atoms with Crippen molar-refractivity contribution in [2.75, 3.05) is 37.6 Å². The molecule has 0 aromatic carbocycles. The van der Waals surface area contributed by atoms with Crippen LogP contribution in [0.4, 0.5) is 5.69 Å². The van der Waals surface area contributed by atoms with Gasteiger partial charge in [0.2, 0.25) is 0 Å². The van der Waals surface area contributed by atoms with Crippen molar-refractivity contribution in [1.82, 2.24) is 4.90 Å². The molecule has 20 heavy (non-hydrogen) atoms. The van der Waals surface area contributed by atoms with Crippen LogP contribution >= 0.6 is 11.3 Å².